The predicted molar refractivity (Wildman–Crippen MR) is 78.9 cm³/mol. The Morgan fingerprint density at radius 1 is 1.00 bits per heavy atom. The molecule has 98 valence electrons. The van der Waals surface area contributed by atoms with Gasteiger partial charge >= 0.3 is 0 Å². The molecule has 0 saturated heterocycles. The first-order valence-electron chi connectivity index (χ1n) is 6.45. The van der Waals surface area contributed by atoms with Gasteiger partial charge < -0.3 is 15.3 Å². The van der Waals surface area contributed by atoms with Crippen molar-refractivity contribution in [2.24, 2.45) is 0 Å². The van der Waals surface area contributed by atoms with E-state index in [0.717, 1.165) is 32.3 Å². The molecule has 0 aromatic heterocycles. The van der Waals surface area contributed by atoms with Crippen LogP contribution in [-0.2, 0) is 6.42 Å². The summed E-state index contributed by atoms with van der Waals surface area (Å²) < 4.78 is 0. The fourth-order valence-electron chi connectivity index (χ4n) is 3.05. The molecule has 3 heteroatoms. The molecule has 0 aliphatic heterocycles. The average Bonchev–Trinajstić information content (AvgIpc) is 2.87. The molecule has 0 heterocycles. The number of aliphatic hydroxyl groups is 1. The van der Waals surface area contributed by atoms with E-state index >= 15 is 0 Å². The number of hydrogen-bond donors (Lipinski definition) is 3. The van der Waals surface area contributed by atoms with E-state index in [2.05, 4.69) is 0 Å². The molecule has 20 heavy (non-hydrogen) atoms. The van der Waals surface area contributed by atoms with Crippen molar-refractivity contribution in [3.63, 3.8) is 0 Å². The van der Waals surface area contributed by atoms with E-state index in [0.29, 0.717) is 6.42 Å². The van der Waals surface area contributed by atoms with Crippen LogP contribution in [0.3, 0.4) is 0 Å². The van der Waals surface area contributed by atoms with Crippen LogP contribution in [0.2, 0.25) is 0 Å². The van der Waals surface area contributed by atoms with Crippen LogP contribution in [0.4, 0.5) is 0 Å². The highest BCUT2D eigenvalue weighted by molar-refractivity contribution is 6.01. The van der Waals surface area contributed by atoms with Gasteiger partial charge in [0, 0.05) is 10.6 Å². The summed E-state index contributed by atoms with van der Waals surface area (Å²) in [7, 11) is 0. The summed E-state index contributed by atoms with van der Waals surface area (Å²) in [5, 5.41) is 33.2. The minimum Gasteiger partial charge on any atom is -0.508 e. The van der Waals surface area contributed by atoms with Crippen LogP contribution in [0.25, 0.3) is 29.0 Å². The number of allylic oxidation sites excluding steroid dienone is 3. The average molecular weight is 264 g/mol. The zero-order chi connectivity index (χ0) is 13.9. The Kier molecular flexibility index (Phi) is 2.05. The van der Waals surface area contributed by atoms with Gasteiger partial charge in [0.25, 0.3) is 0 Å². The molecule has 2 aliphatic rings. The molecular weight excluding hydrogens is 252 g/mol. The van der Waals surface area contributed by atoms with Gasteiger partial charge in [-0.3, -0.25) is 0 Å². The van der Waals surface area contributed by atoms with Gasteiger partial charge in [-0.1, -0.05) is 18.2 Å². The smallest absolute Gasteiger partial charge is 0.124 e. The van der Waals surface area contributed by atoms with Crippen molar-refractivity contribution in [1.29, 1.82) is 0 Å². The van der Waals surface area contributed by atoms with Crippen LogP contribution in [0.5, 0.6) is 11.5 Å². The summed E-state index contributed by atoms with van der Waals surface area (Å²) in [4.78, 5) is 0. The van der Waals surface area contributed by atoms with Gasteiger partial charge in [-0.15, -0.1) is 0 Å². The molecule has 3 N–H and O–H groups in total. The van der Waals surface area contributed by atoms with E-state index in [4.69, 9.17) is 0 Å². The van der Waals surface area contributed by atoms with Crippen molar-refractivity contribution in [1.82, 2.24) is 0 Å². The lowest BCUT2D eigenvalue weighted by molar-refractivity contribution is 0.438. The first-order valence-corrected chi connectivity index (χ1v) is 6.45. The third kappa shape index (κ3) is 1.35. The fourth-order valence-corrected chi connectivity index (χ4v) is 3.05. The second-order valence-corrected chi connectivity index (χ2v) is 5.11. The van der Waals surface area contributed by atoms with Crippen molar-refractivity contribution >= 4 is 29.0 Å². The van der Waals surface area contributed by atoms with Gasteiger partial charge in [0.2, 0.25) is 0 Å². The van der Waals surface area contributed by atoms with E-state index in [9.17, 15) is 15.3 Å². The summed E-state index contributed by atoms with van der Waals surface area (Å²) in [5.74, 6) is 0.583. The predicted octanol–water partition coefficient (Wildman–Crippen LogP) is 1.84. The molecule has 2 aromatic rings. The SMILES string of the molecule is OC1=CCc2c(cc(O)c3c4c(c(O)cc23)=CC=C4)=C1. The van der Waals surface area contributed by atoms with E-state index in [1.165, 1.54) is 0 Å². The maximum atomic E-state index is 10.3. The van der Waals surface area contributed by atoms with Gasteiger partial charge in [0.05, 0.1) is 0 Å². The summed E-state index contributed by atoms with van der Waals surface area (Å²) in [6, 6.07) is 3.37. The highest BCUT2D eigenvalue weighted by Crippen LogP contribution is 2.32. The minimum absolute atomic E-state index is 0.168. The monoisotopic (exact) mass is 264 g/mol. The first kappa shape index (κ1) is 11.2. The minimum atomic E-state index is 0.168. The maximum absolute atomic E-state index is 10.3. The van der Waals surface area contributed by atoms with Crippen molar-refractivity contribution in [2.45, 2.75) is 6.42 Å². The van der Waals surface area contributed by atoms with Crippen LogP contribution in [0.1, 0.15) is 11.1 Å². The van der Waals surface area contributed by atoms with Gasteiger partial charge in [0.15, 0.2) is 0 Å². The second kappa shape index (κ2) is 3.67. The fraction of sp³-hybridized carbons (Fsp3) is 0.0588. The number of hydrogen-bond acceptors (Lipinski definition) is 3. The Morgan fingerprint density at radius 2 is 1.85 bits per heavy atom. The largest absolute Gasteiger partial charge is 0.508 e. The summed E-state index contributed by atoms with van der Waals surface area (Å²) in [5.41, 5.74) is 1.85. The molecule has 0 spiro atoms. The zero-order valence-corrected chi connectivity index (χ0v) is 10.6. The molecule has 0 amide bonds. The third-order valence-electron chi connectivity index (χ3n) is 3.95. The van der Waals surface area contributed by atoms with Crippen LogP contribution < -0.4 is 10.4 Å². The van der Waals surface area contributed by atoms with Gasteiger partial charge in [0.1, 0.15) is 17.3 Å². The van der Waals surface area contributed by atoms with E-state index in [-0.39, 0.29) is 17.3 Å². The molecule has 0 bridgehead atoms. The Morgan fingerprint density at radius 3 is 2.70 bits per heavy atom. The Balaban J connectivity index is 2.25. The second-order valence-electron chi connectivity index (χ2n) is 5.11. The summed E-state index contributed by atoms with van der Waals surface area (Å²) >= 11 is 0. The number of phenolic OH excluding ortho intramolecular Hbond substituents is 2. The van der Waals surface area contributed by atoms with E-state index in [1.807, 2.05) is 18.2 Å². The molecule has 0 saturated carbocycles. The van der Waals surface area contributed by atoms with E-state index in [1.54, 1.807) is 24.3 Å². The number of aliphatic hydroxyl groups excluding tert-OH is 1. The molecule has 3 nitrogen and oxygen atoms in total. The molecule has 2 aliphatic carbocycles. The van der Waals surface area contributed by atoms with Crippen molar-refractivity contribution < 1.29 is 15.3 Å². The zero-order valence-electron chi connectivity index (χ0n) is 10.6. The molecule has 0 unspecified atom stereocenters. The van der Waals surface area contributed by atoms with Crippen molar-refractivity contribution in [2.75, 3.05) is 0 Å². The summed E-state index contributed by atoms with van der Waals surface area (Å²) in [6.45, 7) is 0. The van der Waals surface area contributed by atoms with Crippen LogP contribution >= 0.6 is 0 Å². The number of rotatable bonds is 0. The van der Waals surface area contributed by atoms with Crippen LogP contribution in [0.15, 0.2) is 30.0 Å². The lowest BCUT2D eigenvalue weighted by Crippen LogP contribution is -2.15. The third-order valence-corrected chi connectivity index (χ3v) is 3.95. The van der Waals surface area contributed by atoms with Gasteiger partial charge in [-0.05, 0) is 52.4 Å². The van der Waals surface area contributed by atoms with Gasteiger partial charge in [-0.2, -0.15) is 0 Å². The van der Waals surface area contributed by atoms with E-state index < -0.39 is 0 Å². The van der Waals surface area contributed by atoms with Crippen LogP contribution in [0, 0.1) is 0 Å². The molecule has 4 rings (SSSR count). The topological polar surface area (TPSA) is 60.7 Å². The number of phenols is 2. The van der Waals surface area contributed by atoms with Gasteiger partial charge in [-0.25, -0.2) is 0 Å². The number of benzene rings is 2. The Hall–Kier alpha value is -2.68. The molecular formula is C17H12O3. The first-order chi connectivity index (χ1) is 9.65. The number of aromatic hydroxyl groups is 2. The lowest BCUT2D eigenvalue weighted by atomic mass is 9.92. The molecule has 0 radical (unpaired) electrons. The van der Waals surface area contributed by atoms with Crippen LogP contribution in [-0.4, -0.2) is 15.3 Å². The summed E-state index contributed by atoms with van der Waals surface area (Å²) in [6.07, 6.45) is 9.53. The Bertz CT molecular complexity index is 947. The quantitative estimate of drug-likeness (QED) is 0.680. The number of fused-ring (bicyclic) bond motifs is 5. The molecule has 0 atom stereocenters. The van der Waals surface area contributed by atoms with Crippen molar-refractivity contribution in [3.05, 3.63) is 51.6 Å². The highest BCUT2D eigenvalue weighted by Gasteiger charge is 2.16. The molecule has 2 aromatic carbocycles. The Labute approximate surface area is 114 Å². The van der Waals surface area contributed by atoms with Crippen molar-refractivity contribution in [3.8, 4) is 11.5 Å². The highest BCUT2D eigenvalue weighted by atomic mass is 16.3. The maximum Gasteiger partial charge on any atom is 0.124 e. The molecule has 0 fully saturated rings. The normalized spacial score (nSPS) is 15.3. The lowest BCUT2D eigenvalue weighted by Gasteiger charge is -2.14. The standard InChI is InChI=1S/C17H12O3/c18-10-4-5-11-9(6-10)7-16(20)17-13-3-1-2-12(13)15(19)8-14(11)17/h1-4,6-8,18-20H,5H2.